The predicted octanol–water partition coefficient (Wildman–Crippen LogP) is 0.963. The van der Waals surface area contributed by atoms with Crippen LogP contribution in [0, 0.1) is 5.92 Å². The molecule has 1 saturated heterocycles. The topological polar surface area (TPSA) is 62.9 Å². The first kappa shape index (κ1) is 14.3. The van der Waals surface area contributed by atoms with Crippen LogP contribution in [-0.2, 0) is 4.74 Å². The molecule has 1 fully saturated rings. The number of hydrogen-bond donors (Lipinski definition) is 2. The largest absolute Gasteiger partial charge is 0.377 e. The van der Waals surface area contributed by atoms with E-state index in [0.717, 1.165) is 38.4 Å². The first-order valence-corrected chi connectivity index (χ1v) is 6.32. The first-order valence-electron chi connectivity index (χ1n) is 6.32. The number of hydrazine groups is 1. The zero-order valence-corrected chi connectivity index (χ0v) is 11.5. The molecule has 1 unspecified atom stereocenters. The Kier molecular flexibility index (Phi) is 5.21. The van der Waals surface area contributed by atoms with E-state index in [1.54, 1.807) is 7.11 Å². The fourth-order valence-corrected chi connectivity index (χ4v) is 2.06. The molecule has 100 valence electrons. The van der Waals surface area contributed by atoms with Crippen molar-refractivity contribution < 1.29 is 4.74 Å². The lowest BCUT2D eigenvalue weighted by Crippen LogP contribution is -2.54. The monoisotopic (exact) mass is 242 g/mol. The van der Waals surface area contributed by atoms with Crippen LogP contribution in [0.25, 0.3) is 0 Å². The van der Waals surface area contributed by atoms with Crippen molar-refractivity contribution in [3.05, 3.63) is 0 Å². The van der Waals surface area contributed by atoms with E-state index < -0.39 is 0 Å². The molecule has 17 heavy (non-hydrogen) atoms. The molecule has 1 atom stereocenters. The van der Waals surface area contributed by atoms with Gasteiger partial charge in [0.15, 0.2) is 0 Å². The molecule has 3 N–H and O–H groups in total. The summed E-state index contributed by atoms with van der Waals surface area (Å²) in [7, 11) is 1.77. The summed E-state index contributed by atoms with van der Waals surface area (Å²) >= 11 is 0. The summed E-state index contributed by atoms with van der Waals surface area (Å²) in [6.45, 7) is 9.04. The number of nitrogens with zero attached hydrogens (tertiary/aromatic N) is 2. The Labute approximate surface area is 104 Å². The zero-order chi connectivity index (χ0) is 12.9. The van der Waals surface area contributed by atoms with Gasteiger partial charge in [0.25, 0.3) is 0 Å². The van der Waals surface area contributed by atoms with Gasteiger partial charge in [-0.15, -0.1) is 0 Å². The Morgan fingerprint density at radius 1 is 1.59 bits per heavy atom. The van der Waals surface area contributed by atoms with Gasteiger partial charge in [0.2, 0.25) is 5.96 Å². The molecule has 0 amide bonds. The van der Waals surface area contributed by atoms with Gasteiger partial charge in [-0.2, -0.15) is 0 Å². The maximum Gasteiger partial charge on any atom is 0.208 e. The zero-order valence-electron chi connectivity index (χ0n) is 11.5. The lowest BCUT2D eigenvalue weighted by Gasteiger charge is -2.40. The highest BCUT2D eigenvalue weighted by molar-refractivity contribution is 5.79. The van der Waals surface area contributed by atoms with E-state index in [0.29, 0.717) is 5.92 Å². The SMILES string of the molecule is COC1(C)CCCN(C(=NCC(C)C)NN)C1. The van der Waals surface area contributed by atoms with Gasteiger partial charge in [0.1, 0.15) is 0 Å². The summed E-state index contributed by atoms with van der Waals surface area (Å²) in [6.07, 6.45) is 2.19. The van der Waals surface area contributed by atoms with E-state index in [1.807, 2.05) is 0 Å². The lowest BCUT2D eigenvalue weighted by atomic mass is 9.95. The van der Waals surface area contributed by atoms with E-state index in [9.17, 15) is 0 Å². The Bertz CT molecular complexity index is 267. The van der Waals surface area contributed by atoms with Crippen LogP contribution < -0.4 is 11.3 Å². The summed E-state index contributed by atoms with van der Waals surface area (Å²) in [5.74, 6) is 6.87. The fraction of sp³-hybridized carbons (Fsp3) is 0.917. The Morgan fingerprint density at radius 3 is 2.82 bits per heavy atom. The Balaban J connectivity index is 2.66. The second kappa shape index (κ2) is 6.21. The van der Waals surface area contributed by atoms with Crippen molar-refractivity contribution in [1.29, 1.82) is 0 Å². The van der Waals surface area contributed by atoms with Crippen molar-refractivity contribution in [3.8, 4) is 0 Å². The maximum atomic E-state index is 5.56. The van der Waals surface area contributed by atoms with E-state index in [4.69, 9.17) is 10.6 Å². The van der Waals surface area contributed by atoms with E-state index in [1.165, 1.54) is 0 Å². The highest BCUT2D eigenvalue weighted by atomic mass is 16.5. The van der Waals surface area contributed by atoms with Crippen molar-refractivity contribution in [1.82, 2.24) is 10.3 Å². The number of methoxy groups -OCH3 is 1. The quantitative estimate of drug-likeness (QED) is 0.335. The number of rotatable bonds is 3. The second-order valence-corrected chi connectivity index (χ2v) is 5.38. The molecule has 1 aliphatic rings. The molecule has 1 rings (SSSR count). The highest BCUT2D eigenvalue weighted by Crippen LogP contribution is 2.23. The number of nitrogens with one attached hydrogen (secondary N) is 1. The molecule has 0 aromatic heterocycles. The van der Waals surface area contributed by atoms with Gasteiger partial charge >= 0.3 is 0 Å². The van der Waals surface area contributed by atoms with E-state index in [-0.39, 0.29) is 5.60 Å². The molecule has 0 bridgehead atoms. The van der Waals surface area contributed by atoms with Crippen LogP contribution in [0.4, 0.5) is 0 Å². The smallest absolute Gasteiger partial charge is 0.208 e. The average Bonchev–Trinajstić information content (AvgIpc) is 2.30. The lowest BCUT2D eigenvalue weighted by molar-refractivity contribution is -0.0356. The van der Waals surface area contributed by atoms with Crippen LogP contribution in [0.2, 0.25) is 0 Å². The van der Waals surface area contributed by atoms with Crippen LogP contribution >= 0.6 is 0 Å². The molecule has 0 saturated carbocycles. The molecule has 0 aromatic rings. The minimum absolute atomic E-state index is 0.0896. The summed E-state index contributed by atoms with van der Waals surface area (Å²) in [6, 6.07) is 0. The van der Waals surface area contributed by atoms with Gasteiger partial charge in [0, 0.05) is 26.7 Å². The predicted molar refractivity (Wildman–Crippen MR) is 70.7 cm³/mol. The van der Waals surface area contributed by atoms with Gasteiger partial charge in [-0.1, -0.05) is 13.8 Å². The molecule has 1 aliphatic heterocycles. The van der Waals surface area contributed by atoms with Crippen molar-refractivity contribution in [3.63, 3.8) is 0 Å². The van der Waals surface area contributed by atoms with Crippen LogP contribution in [0.3, 0.4) is 0 Å². The summed E-state index contributed by atoms with van der Waals surface area (Å²) < 4.78 is 5.56. The number of aliphatic imine (C=N–C) groups is 1. The molecule has 1 heterocycles. The molecule has 5 heteroatoms. The van der Waals surface area contributed by atoms with Crippen LogP contribution in [0.15, 0.2) is 4.99 Å². The number of guanidine groups is 1. The van der Waals surface area contributed by atoms with Crippen LogP contribution in [0.5, 0.6) is 0 Å². The molecular weight excluding hydrogens is 216 g/mol. The second-order valence-electron chi connectivity index (χ2n) is 5.38. The van der Waals surface area contributed by atoms with E-state index >= 15 is 0 Å². The summed E-state index contributed by atoms with van der Waals surface area (Å²) in [5.41, 5.74) is 2.62. The molecule has 0 aromatic carbocycles. The number of piperidine rings is 1. The van der Waals surface area contributed by atoms with Gasteiger partial charge in [-0.25, -0.2) is 5.84 Å². The molecule has 0 spiro atoms. The normalized spacial score (nSPS) is 26.5. The minimum atomic E-state index is -0.0896. The number of ether oxygens (including phenoxy) is 1. The fourth-order valence-electron chi connectivity index (χ4n) is 2.06. The Morgan fingerprint density at radius 2 is 2.29 bits per heavy atom. The number of likely N-dealkylation sites (tertiary alicyclic amines) is 1. The minimum Gasteiger partial charge on any atom is -0.377 e. The third-order valence-corrected chi connectivity index (χ3v) is 3.19. The molecule has 0 radical (unpaired) electrons. The van der Waals surface area contributed by atoms with Crippen molar-refractivity contribution >= 4 is 5.96 Å². The first-order chi connectivity index (χ1) is 8.00. The van der Waals surface area contributed by atoms with Gasteiger partial charge in [-0.3, -0.25) is 10.4 Å². The third kappa shape index (κ3) is 4.16. The van der Waals surface area contributed by atoms with Gasteiger partial charge in [-0.05, 0) is 25.7 Å². The summed E-state index contributed by atoms with van der Waals surface area (Å²) in [4.78, 5) is 6.69. The van der Waals surface area contributed by atoms with Crippen LogP contribution in [0.1, 0.15) is 33.6 Å². The maximum absolute atomic E-state index is 5.56. The third-order valence-electron chi connectivity index (χ3n) is 3.19. The van der Waals surface area contributed by atoms with Crippen molar-refractivity contribution in [2.45, 2.75) is 39.2 Å². The Hall–Kier alpha value is -0.810. The van der Waals surface area contributed by atoms with Crippen LogP contribution in [-0.4, -0.2) is 43.2 Å². The molecular formula is C12H26N4O. The number of hydrogen-bond acceptors (Lipinski definition) is 3. The van der Waals surface area contributed by atoms with Crippen molar-refractivity contribution in [2.24, 2.45) is 16.8 Å². The van der Waals surface area contributed by atoms with E-state index in [2.05, 4.69) is 36.1 Å². The highest BCUT2D eigenvalue weighted by Gasteiger charge is 2.32. The summed E-state index contributed by atoms with van der Waals surface area (Å²) in [5, 5.41) is 0. The molecule has 0 aliphatic carbocycles. The average molecular weight is 242 g/mol. The van der Waals surface area contributed by atoms with Gasteiger partial charge in [0.05, 0.1) is 5.60 Å². The van der Waals surface area contributed by atoms with Crippen molar-refractivity contribution in [2.75, 3.05) is 26.7 Å². The standard InChI is InChI=1S/C12H26N4O/c1-10(2)8-14-11(15-13)16-7-5-6-12(3,9-16)17-4/h10H,5-9,13H2,1-4H3,(H,14,15). The molecule has 5 nitrogen and oxygen atoms in total. The van der Waals surface area contributed by atoms with Gasteiger partial charge < -0.3 is 9.64 Å². The number of nitrogens with two attached hydrogens (primary N) is 1.